The van der Waals surface area contributed by atoms with Crippen molar-refractivity contribution in [2.75, 3.05) is 6.54 Å². The number of aromatic nitrogens is 1. The number of rotatable bonds is 7. The highest BCUT2D eigenvalue weighted by atomic mass is 16.5. The third kappa shape index (κ3) is 4.64. The Bertz CT molecular complexity index is 956. The molecule has 27 heavy (non-hydrogen) atoms. The van der Waals surface area contributed by atoms with E-state index in [2.05, 4.69) is 42.3 Å². The average molecular weight is 363 g/mol. The number of fused-ring (bicyclic) bond motifs is 1. The van der Waals surface area contributed by atoms with Crippen molar-refractivity contribution in [3.8, 4) is 0 Å². The van der Waals surface area contributed by atoms with Crippen LogP contribution in [-0.4, -0.2) is 22.6 Å². The number of amides is 1. The summed E-state index contributed by atoms with van der Waals surface area (Å²) in [6, 6.07) is 14.4. The number of hydroxylamine groups is 1. The van der Waals surface area contributed by atoms with E-state index in [1.54, 1.807) is 11.6 Å². The van der Waals surface area contributed by atoms with Crippen molar-refractivity contribution in [3.63, 3.8) is 0 Å². The van der Waals surface area contributed by atoms with Crippen molar-refractivity contribution >= 4 is 22.9 Å². The van der Waals surface area contributed by atoms with Crippen molar-refractivity contribution in [1.82, 2.24) is 15.8 Å². The number of benzene rings is 2. The number of hydrogen-bond acceptors (Lipinski definition) is 3. The van der Waals surface area contributed by atoms with E-state index in [0.29, 0.717) is 0 Å². The van der Waals surface area contributed by atoms with E-state index in [9.17, 15) is 4.79 Å². The minimum absolute atomic E-state index is 0.539. The highest BCUT2D eigenvalue weighted by Gasteiger charge is 2.07. The van der Waals surface area contributed by atoms with Crippen LogP contribution < -0.4 is 10.8 Å². The Morgan fingerprint density at radius 3 is 2.67 bits per heavy atom. The molecule has 1 aromatic heterocycles. The van der Waals surface area contributed by atoms with Gasteiger partial charge in [-0.1, -0.05) is 42.5 Å². The fourth-order valence-electron chi connectivity index (χ4n) is 3.16. The average Bonchev–Trinajstić information content (AvgIpc) is 2.99. The molecule has 0 bridgehead atoms. The van der Waals surface area contributed by atoms with Crippen LogP contribution in [0.25, 0.3) is 17.0 Å². The van der Waals surface area contributed by atoms with Crippen LogP contribution in [0.1, 0.15) is 27.9 Å². The number of aromatic amines is 1. The fourth-order valence-corrected chi connectivity index (χ4v) is 3.16. The van der Waals surface area contributed by atoms with Gasteiger partial charge in [0.2, 0.25) is 0 Å². The van der Waals surface area contributed by atoms with Gasteiger partial charge in [0, 0.05) is 29.2 Å². The molecule has 3 aromatic rings. The van der Waals surface area contributed by atoms with Crippen LogP contribution in [0, 0.1) is 13.8 Å². The maximum atomic E-state index is 11.0. The molecule has 0 spiro atoms. The highest BCUT2D eigenvalue weighted by molar-refractivity contribution is 5.90. The predicted octanol–water partition coefficient (Wildman–Crippen LogP) is 3.64. The molecule has 0 saturated heterocycles. The molecule has 0 saturated carbocycles. The smallest absolute Gasteiger partial charge is 0.267 e. The first kappa shape index (κ1) is 18.9. The summed E-state index contributed by atoms with van der Waals surface area (Å²) in [4.78, 5) is 14.5. The lowest BCUT2D eigenvalue weighted by Gasteiger charge is -2.07. The zero-order valence-corrected chi connectivity index (χ0v) is 15.7. The Labute approximate surface area is 159 Å². The lowest BCUT2D eigenvalue weighted by molar-refractivity contribution is -0.124. The molecule has 0 aliphatic carbocycles. The van der Waals surface area contributed by atoms with Crippen LogP contribution >= 0.6 is 0 Å². The molecule has 5 nitrogen and oxygen atoms in total. The van der Waals surface area contributed by atoms with Crippen molar-refractivity contribution in [3.05, 3.63) is 76.5 Å². The van der Waals surface area contributed by atoms with Gasteiger partial charge >= 0.3 is 0 Å². The van der Waals surface area contributed by atoms with Crippen LogP contribution in [-0.2, 0) is 17.8 Å². The van der Waals surface area contributed by atoms with Crippen molar-refractivity contribution in [2.45, 2.75) is 26.8 Å². The first-order valence-corrected chi connectivity index (χ1v) is 9.07. The van der Waals surface area contributed by atoms with Crippen LogP contribution in [0.3, 0.4) is 0 Å². The third-order valence-corrected chi connectivity index (χ3v) is 4.85. The molecule has 1 amide bonds. The van der Waals surface area contributed by atoms with Crippen LogP contribution in [0.5, 0.6) is 0 Å². The molecule has 3 rings (SSSR count). The Morgan fingerprint density at radius 2 is 1.93 bits per heavy atom. The van der Waals surface area contributed by atoms with Gasteiger partial charge in [0.05, 0.1) is 0 Å². The monoisotopic (exact) mass is 363 g/mol. The molecule has 5 heteroatoms. The summed E-state index contributed by atoms with van der Waals surface area (Å²) in [7, 11) is 0. The van der Waals surface area contributed by atoms with Crippen LogP contribution in [0.15, 0.2) is 48.5 Å². The summed E-state index contributed by atoms with van der Waals surface area (Å²) >= 11 is 0. The number of nitrogens with one attached hydrogen (secondary N) is 3. The molecule has 0 aliphatic heterocycles. The Hall–Kier alpha value is -2.89. The summed E-state index contributed by atoms with van der Waals surface area (Å²) in [5, 5.41) is 13.3. The second-order valence-corrected chi connectivity index (χ2v) is 6.69. The Morgan fingerprint density at radius 1 is 1.15 bits per heavy atom. The molecule has 4 N–H and O–H groups in total. The van der Waals surface area contributed by atoms with E-state index in [4.69, 9.17) is 5.21 Å². The number of para-hydroxylation sites is 1. The van der Waals surface area contributed by atoms with Crippen molar-refractivity contribution < 1.29 is 10.0 Å². The fraction of sp³-hybridized carbons (Fsp3) is 0.227. The highest BCUT2D eigenvalue weighted by Crippen LogP contribution is 2.24. The molecule has 1 heterocycles. The SMILES string of the molecule is Cc1[nH]c2c(CCNCc3ccc(/C=C/C(=O)NO)cc3)cccc2c1C. The standard InChI is InChI=1S/C22H25N3O2/c1-15-16(2)24-22-19(4-3-5-20(15)22)12-13-23-14-18-8-6-17(7-9-18)10-11-21(26)25-27/h3-11,23-24,27H,12-14H2,1-2H3,(H,25,26)/b11-10+. The number of carbonyl (C=O) groups is 1. The van der Waals surface area contributed by atoms with Crippen LogP contribution in [0.4, 0.5) is 0 Å². The Balaban J connectivity index is 1.53. The largest absolute Gasteiger partial charge is 0.358 e. The van der Waals surface area contributed by atoms with Gasteiger partial charge in [-0.15, -0.1) is 0 Å². The number of aryl methyl sites for hydroxylation is 2. The molecule has 140 valence electrons. The molecular formula is C22H25N3O2. The minimum Gasteiger partial charge on any atom is -0.358 e. The summed E-state index contributed by atoms with van der Waals surface area (Å²) in [6.45, 7) is 5.96. The summed E-state index contributed by atoms with van der Waals surface area (Å²) in [6.07, 6.45) is 3.91. The number of hydrogen-bond donors (Lipinski definition) is 4. The third-order valence-electron chi connectivity index (χ3n) is 4.85. The van der Waals surface area contributed by atoms with E-state index >= 15 is 0 Å². The van der Waals surface area contributed by atoms with Gasteiger partial charge in [-0.2, -0.15) is 0 Å². The normalized spacial score (nSPS) is 11.4. The van der Waals surface area contributed by atoms with Gasteiger partial charge in [-0.3, -0.25) is 10.0 Å². The first-order chi connectivity index (χ1) is 13.1. The van der Waals surface area contributed by atoms with Crippen molar-refractivity contribution in [2.24, 2.45) is 0 Å². The van der Waals surface area contributed by atoms with Gasteiger partial charge in [0.1, 0.15) is 0 Å². The minimum atomic E-state index is -0.539. The topological polar surface area (TPSA) is 77.2 Å². The van der Waals surface area contributed by atoms with Gasteiger partial charge < -0.3 is 10.3 Å². The molecule has 0 radical (unpaired) electrons. The zero-order valence-electron chi connectivity index (χ0n) is 15.7. The van der Waals surface area contributed by atoms with Crippen LogP contribution in [0.2, 0.25) is 0 Å². The van der Waals surface area contributed by atoms with Gasteiger partial charge in [0.15, 0.2) is 0 Å². The molecule has 0 unspecified atom stereocenters. The van der Waals surface area contributed by atoms with Gasteiger partial charge in [-0.25, -0.2) is 5.48 Å². The lowest BCUT2D eigenvalue weighted by Crippen LogP contribution is -2.16. The van der Waals surface area contributed by atoms with E-state index in [1.165, 1.54) is 39.4 Å². The van der Waals surface area contributed by atoms with Gasteiger partial charge in [0.25, 0.3) is 5.91 Å². The summed E-state index contributed by atoms with van der Waals surface area (Å²) in [5.41, 5.74) is 8.80. The zero-order chi connectivity index (χ0) is 19.2. The number of carbonyl (C=O) groups excluding carboxylic acids is 1. The molecule has 2 aromatic carbocycles. The second kappa shape index (κ2) is 8.66. The molecule has 0 fully saturated rings. The summed E-state index contributed by atoms with van der Waals surface area (Å²) in [5.74, 6) is -0.539. The maximum Gasteiger partial charge on any atom is 0.267 e. The van der Waals surface area contributed by atoms with E-state index < -0.39 is 5.91 Å². The molecular weight excluding hydrogens is 338 g/mol. The predicted molar refractivity (Wildman–Crippen MR) is 109 cm³/mol. The van der Waals surface area contributed by atoms with Gasteiger partial charge in [-0.05, 0) is 55.1 Å². The quantitative estimate of drug-likeness (QED) is 0.224. The molecule has 0 aliphatic rings. The van der Waals surface area contributed by atoms with Crippen molar-refractivity contribution in [1.29, 1.82) is 0 Å². The van der Waals surface area contributed by atoms with E-state index in [-0.39, 0.29) is 0 Å². The lowest BCUT2D eigenvalue weighted by atomic mass is 10.1. The maximum absolute atomic E-state index is 11.0. The first-order valence-electron chi connectivity index (χ1n) is 9.07. The summed E-state index contributed by atoms with van der Waals surface area (Å²) < 4.78 is 0. The second-order valence-electron chi connectivity index (χ2n) is 6.69. The van der Waals surface area contributed by atoms with E-state index in [0.717, 1.165) is 25.1 Å². The number of H-pyrrole nitrogens is 1. The van der Waals surface area contributed by atoms with E-state index in [1.807, 2.05) is 24.3 Å². The molecule has 0 atom stereocenters. The Kier molecular flexibility index (Phi) is 6.06.